The molecule has 0 radical (unpaired) electrons. The predicted octanol–water partition coefficient (Wildman–Crippen LogP) is 5.17. The van der Waals surface area contributed by atoms with Crippen LogP contribution in [0.4, 0.5) is 0 Å². The molecule has 7 heteroatoms. The maximum absolute atomic E-state index is 12.8. The highest BCUT2D eigenvalue weighted by molar-refractivity contribution is 6.31. The number of carbonyl (C=O) groups excluding carboxylic acids is 1. The van der Waals surface area contributed by atoms with E-state index in [0.29, 0.717) is 34.2 Å². The number of nitrogens with one attached hydrogen (secondary N) is 1. The number of benzene rings is 2. The van der Waals surface area contributed by atoms with Crippen molar-refractivity contribution in [2.45, 2.75) is 26.8 Å². The molecule has 0 aliphatic heterocycles. The lowest BCUT2D eigenvalue weighted by molar-refractivity contribution is 0.0952. The molecule has 0 atom stereocenters. The smallest absolute Gasteiger partial charge is 0.257 e. The molecule has 2 heterocycles. The first-order valence-corrected chi connectivity index (χ1v) is 10.3. The van der Waals surface area contributed by atoms with Crippen LogP contribution < -0.4 is 5.32 Å². The lowest BCUT2D eigenvalue weighted by Crippen LogP contribution is -2.23. The number of halogens is 2. The zero-order valence-electron chi connectivity index (χ0n) is 16.6. The molecule has 30 heavy (non-hydrogen) atoms. The third-order valence-corrected chi connectivity index (χ3v) is 5.77. The molecule has 2 aromatic carbocycles. The number of aryl methyl sites for hydroxylation is 2. The molecule has 0 aliphatic rings. The molecule has 2 aromatic heterocycles. The van der Waals surface area contributed by atoms with Crippen LogP contribution in [0.2, 0.25) is 10.0 Å². The molecule has 0 aliphatic carbocycles. The molecule has 1 N–H and O–H groups in total. The molecule has 0 unspecified atom stereocenters. The van der Waals surface area contributed by atoms with E-state index in [1.54, 1.807) is 16.8 Å². The number of amides is 1. The average molecular weight is 439 g/mol. The van der Waals surface area contributed by atoms with E-state index in [1.165, 1.54) is 0 Å². The van der Waals surface area contributed by atoms with E-state index in [2.05, 4.69) is 10.4 Å². The summed E-state index contributed by atoms with van der Waals surface area (Å²) in [6, 6.07) is 15.2. The average Bonchev–Trinajstić information content (AvgIpc) is 3.15. The van der Waals surface area contributed by atoms with Crippen molar-refractivity contribution in [2.75, 3.05) is 0 Å². The Kier molecular flexibility index (Phi) is 5.75. The second-order valence-electron chi connectivity index (χ2n) is 7.13. The van der Waals surface area contributed by atoms with E-state index in [-0.39, 0.29) is 5.91 Å². The van der Waals surface area contributed by atoms with Gasteiger partial charge in [0.2, 0.25) is 0 Å². The van der Waals surface area contributed by atoms with Crippen molar-refractivity contribution in [3.05, 3.63) is 98.4 Å². The fourth-order valence-corrected chi connectivity index (χ4v) is 3.77. The van der Waals surface area contributed by atoms with Gasteiger partial charge >= 0.3 is 0 Å². The van der Waals surface area contributed by atoms with E-state index in [4.69, 9.17) is 28.2 Å². The lowest BCUT2D eigenvalue weighted by Gasteiger charge is -2.12. The number of rotatable bonds is 5. The van der Waals surface area contributed by atoms with Crippen molar-refractivity contribution in [1.82, 2.24) is 19.9 Å². The third kappa shape index (κ3) is 4.04. The van der Waals surface area contributed by atoms with Gasteiger partial charge in [0.05, 0.1) is 6.20 Å². The number of aromatic nitrogens is 3. The molecule has 1 amide bonds. The zero-order valence-corrected chi connectivity index (χ0v) is 18.1. The highest BCUT2D eigenvalue weighted by Gasteiger charge is 2.18. The van der Waals surface area contributed by atoms with Gasteiger partial charge in [0, 0.05) is 34.4 Å². The maximum atomic E-state index is 12.8. The predicted molar refractivity (Wildman–Crippen MR) is 119 cm³/mol. The van der Waals surface area contributed by atoms with Crippen molar-refractivity contribution in [3.8, 4) is 0 Å². The van der Waals surface area contributed by atoms with Gasteiger partial charge in [-0.25, -0.2) is 9.50 Å². The minimum absolute atomic E-state index is 0.235. The second kappa shape index (κ2) is 8.46. The van der Waals surface area contributed by atoms with Crippen LogP contribution in [0.3, 0.4) is 0 Å². The van der Waals surface area contributed by atoms with Gasteiger partial charge < -0.3 is 5.32 Å². The molecule has 0 spiro atoms. The topological polar surface area (TPSA) is 59.3 Å². The van der Waals surface area contributed by atoms with Crippen molar-refractivity contribution in [2.24, 2.45) is 0 Å². The summed E-state index contributed by atoms with van der Waals surface area (Å²) < 4.78 is 1.72. The second-order valence-corrected chi connectivity index (χ2v) is 7.98. The summed E-state index contributed by atoms with van der Waals surface area (Å²) in [5.74, 6) is -0.235. The van der Waals surface area contributed by atoms with E-state index in [1.807, 2.05) is 56.3 Å². The maximum Gasteiger partial charge on any atom is 0.257 e. The molecular weight excluding hydrogens is 419 g/mol. The molecule has 0 saturated carbocycles. The molecule has 5 nitrogen and oxygen atoms in total. The first kappa shape index (κ1) is 20.4. The largest absolute Gasteiger partial charge is 0.348 e. The summed E-state index contributed by atoms with van der Waals surface area (Å²) in [7, 11) is 0. The van der Waals surface area contributed by atoms with Gasteiger partial charge in [-0.2, -0.15) is 5.10 Å². The minimum Gasteiger partial charge on any atom is -0.348 e. The van der Waals surface area contributed by atoms with Gasteiger partial charge in [0.1, 0.15) is 5.56 Å². The molecule has 152 valence electrons. The Morgan fingerprint density at radius 1 is 1.07 bits per heavy atom. The number of hydrogen-bond acceptors (Lipinski definition) is 3. The first-order valence-electron chi connectivity index (χ1n) is 9.54. The quantitative estimate of drug-likeness (QED) is 0.467. The van der Waals surface area contributed by atoms with Gasteiger partial charge in [-0.3, -0.25) is 4.79 Å². The Morgan fingerprint density at radius 2 is 1.80 bits per heavy atom. The Bertz CT molecular complexity index is 1230. The fourth-order valence-electron chi connectivity index (χ4n) is 3.45. The Labute approximate surface area is 184 Å². The summed E-state index contributed by atoms with van der Waals surface area (Å²) in [5.41, 5.74) is 5.88. The van der Waals surface area contributed by atoms with E-state index >= 15 is 0 Å². The van der Waals surface area contributed by atoms with Crippen LogP contribution in [0.1, 0.15) is 38.4 Å². The summed E-state index contributed by atoms with van der Waals surface area (Å²) in [4.78, 5) is 17.5. The monoisotopic (exact) mass is 438 g/mol. The van der Waals surface area contributed by atoms with Crippen LogP contribution >= 0.6 is 23.2 Å². The van der Waals surface area contributed by atoms with Crippen molar-refractivity contribution in [3.63, 3.8) is 0 Å². The van der Waals surface area contributed by atoms with Crippen LogP contribution in [-0.4, -0.2) is 20.5 Å². The van der Waals surface area contributed by atoms with E-state index < -0.39 is 0 Å². The van der Waals surface area contributed by atoms with Gasteiger partial charge in [-0.15, -0.1) is 0 Å². The van der Waals surface area contributed by atoms with E-state index in [9.17, 15) is 4.79 Å². The summed E-state index contributed by atoms with van der Waals surface area (Å²) in [5, 5.41) is 8.65. The normalized spacial score (nSPS) is 11.1. The van der Waals surface area contributed by atoms with Crippen LogP contribution in [0.25, 0.3) is 5.65 Å². The number of fused-ring (bicyclic) bond motifs is 1. The molecule has 0 fully saturated rings. The van der Waals surface area contributed by atoms with Gasteiger partial charge in [0.25, 0.3) is 5.91 Å². The van der Waals surface area contributed by atoms with Gasteiger partial charge in [0.15, 0.2) is 5.65 Å². The molecular formula is C23H20Cl2N4O. The first-order chi connectivity index (χ1) is 14.4. The van der Waals surface area contributed by atoms with Crippen LogP contribution in [0.5, 0.6) is 0 Å². The number of carbonyl (C=O) groups is 1. The highest BCUT2D eigenvalue weighted by Crippen LogP contribution is 2.21. The minimum atomic E-state index is -0.235. The van der Waals surface area contributed by atoms with Crippen LogP contribution in [-0.2, 0) is 13.0 Å². The summed E-state index contributed by atoms with van der Waals surface area (Å²) in [6.07, 6.45) is 2.27. The fraction of sp³-hybridized carbons (Fsp3) is 0.174. The van der Waals surface area contributed by atoms with Gasteiger partial charge in [-0.05, 0) is 48.7 Å². The van der Waals surface area contributed by atoms with Gasteiger partial charge in [-0.1, -0.05) is 53.5 Å². The van der Waals surface area contributed by atoms with Crippen LogP contribution in [0, 0.1) is 13.8 Å². The van der Waals surface area contributed by atoms with Crippen molar-refractivity contribution in [1.29, 1.82) is 0 Å². The molecule has 4 rings (SSSR count). The summed E-state index contributed by atoms with van der Waals surface area (Å²) >= 11 is 12.2. The van der Waals surface area contributed by atoms with Crippen molar-refractivity contribution < 1.29 is 4.79 Å². The van der Waals surface area contributed by atoms with E-state index in [0.717, 1.165) is 28.1 Å². The molecule has 0 saturated heterocycles. The standard InChI is InChI=1S/C23H20Cl2N4O/c1-14-19(11-16-7-9-18(24)10-8-16)15(2)29-22(28-14)20(13-27-29)23(30)26-12-17-5-3-4-6-21(17)25/h3-10,13H,11-12H2,1-2H3,(H,26,30). The lowest BCUT2D eigenvalue weighted by atomic mass is 10.0. The highest BCUT2D eigenvalue weighted by atomic mass is 35.5. The zero-order chi connectivity index (χ0) is 21.3. The van der Waals surface area contributed by atoms with Crippen molar-refractivity contribution >= 4 is 34.8 Å². The SMILES string of the molecule is Cc1nc2c(C(=O)NCc3ccccc3Cl)cnn2c(C)c1Cc1ccc(Cl)cc1. The number of hydrogen-bond donors (Lipinski definition) is 1. The Hall–Kier alpha value is -2.89. The Morgan fingerprint density at radius 3 is 2.53 bits per heavy atom. The summed E-state index contributed by atoms with van der Waals surface area (Å²) in [6.45, 7) is 4.28. The Balaban J connectivity index is 1.61. The third-order valence-electron chi connectivity index (χ3n) is 5.14. The molecule has 4 aromatic rings. The number of nitrogens with zero attached hydrogens (tertiary/aromatic N) is 3. The molecule has 0 bridgehead atoms. The van der Waals surface area contributed by atoms with Crippen LogP contribution in [0.15, 0.2) is 54.7 Å².